The topological polar surface area (TPSA) is 123 Å². The Kier molecular flexibility index (Phi) is 16.7. The minimum Gasteiger partial charge on any atom is -0.435 e. The Labute approximate surface area is 112 Å². The summed E-state index contributed by atoms with van der Waals surface area (Å²) in [5.41, 5.74) is 10.1. The van der Waals surface area contributed by atoms with Crippen LogP contribution >= 0.6 is 0 Å². The van der Waals surface area contributed by atoms with Crippen molar-refractivity contribution in [2.24, 2.45) is 11.5 Å². The highest BCUT2D eigenvalue weighted by Gasteiger charge is 1.99. The molecule has 0 amide bonds. The van der Waals surface area contributed by atoms with Gasteiger partial charge in [0.15, 0.2) is 0 Å². The van der Waals surface area contributed by atoms with Crippen LogP contribution in [-0.2, 0) is 18.9 Å². The second-order valence-electron chi connectivity index (χ2n) is 2.81. The summed E-state index contributed by atoms with van der Waals surface area (Å²) in [5.74, 6) is 0. The third-order valence-electron chi connectivity index (χ3n) is 1.26. The number of rotatable bonds is 7. The van der Waals surface area contributed by atoms with E-state index in [-0.39, 0.29) is 19.8 Å². The molecule has 0 fully saturated rings. The first-order valence-electron chi connectivity index (χ1n) is 5.72. The van der Waals surface area contributed by atoms with E-state index in [1.165, 1.54) is 6.08 Å². The Morgan fingerprint density at radius 1 is 1.00 bits per heavy atom. The highest BCUT2D eigenvalue weighted by atomic mass is 16.7. The fourth-order valence-corrected chi connectivity index (χ4v) is 0.613. The molecule has 0 saturated carbocycles. The summed E-state index contributed by atoms with van der Waals surface area (Å²) in [6.07, 6.45) is 0.109. The lowest BCUT2D eigenvalue weighted by atomic mass is 10.7. The minimum absolute atomic E-state index is 0.170. The van der Waals surface area contributed by atoms with Crippen LogP contribution in [0.4, 0.5) is 9.59 Å². The van der Waals surface area contributed by atoms with E-state index in [0.29, 0.717) is 19.7 Å². The zero-order valence-electron chi connectivity index (χ0n) is 11.1. The van der Waals surface area contributed by atoms with Gasteiger partial charge in [0.1, 0.15) is 19.8 Å². The third-order valence-corrected chi connectivity index (χ3v) is 1.26. The maximum atomic E-state index is 10.4. The fourth-order valence-electron chi connectivity index (χ4n) is 0.613. The summed E-state index contributed by atoms with van der Waals surface area (Å²) < 4.78 is 17.8. The van der Waals surface area contributed by atoms with Crippen molar-refractivity contribution < 1.29 is 28.5 Å². The largest absolute Gasteiger partial charge is 0.508 e. The first-order valence-corrected chi connectivity index (χ1v) is 5.72. The molecule has 0 aromatic rings. The highest BCUT2D eigenvalue weighted by Crippen LogP contribution is 1.83. The van der Waals surface area contributed by atoms with Crippen molar-refractivity contribution >= 4 is 12.3 Å². The first-order chi connectivity index (χ1) is 9.12. The zero-order chi connectivity index (χ0) is 14.9. The highest BCUT2D eigenvalue weighted by molar-refractivity contribution is 5.60. The molecule has 8 nitrogen and oxygen atoms in total. The predicted molar refractivity (Wildman–Crippen MR) is 68.6 cm³/mol. The van der Waals surface area contributed by atoms with Gasteiger partial charge in [-0.3, -0.25) is 0 Å². The van der Waals surface area contributed by atoms with Gasteiger partial charge in [-0.15, -0.1) is 0 Å². The molecule has 0 aliphatic heterocycles. The second kappa shape index (κ2) is 16.2. The molecule has 0 bridgehead atoms. The molecule has 0 aliphatic rings. The van der Waals surface area contributed by atoms with E-state index in [1.54, 1.807) is 6.92 Å². The van der Waals surface area contributed by atoms with Crippen molar-refractivity contribution in [2.45, 2.75) is 6.92 Å². The molecular formula is C11H22N2O6. The maximum absolute atomic E-state index is 10.4. The number of nitrogens with two attached hydrogens (primary N) is 2. The molecule has 0 rings (SSSR count). The molecule has 112 valence electrons. The average Bonchev–Trinajstić information content (AvgIpc) is 2.41. The van der Waals surface area contributed by atoms with E-state index in [0.717, 1.165) is 0 Å². The normalized spacial score (nSPS) is 8.58. The van der Waals surface area contributed by atoms with Gasteiger partial charge in [0.25, 0.3) is 0 Å². The second-order valence-corrected chi connectivity index (χ2v) is 2.81. The van der Waals surface area contributed by atoms with E-state index in [9.17, 15) is 9.59 Å². The molecule has 0 saturated heterocycles. The van der Waals surface area contributed by atoms with Crippen LogP contribution in [-0.4, -0.2) is 51.8 Å². The van der Waals surface area contributed by atoms with Crippen LogP contribution < -0.4 is 11.5 Å². The maximum Gasteiger partial charge on any atom is 0.508 e. The third kappa shape index (κ3) is 18.7. The zero-order valence-corrected chi connectivity index (χ0v) is 11.1. The Balaban J connectivity index is 0. The molecule has 0 heterocycles. The monoisotopic (exact) mass is 278 g/mol. The van der Waals surface area contributed by atoms with Gasteiger partial charge in [0, 0.05) is 13.1 Å². The summed E-state index contributed by atoms with van der Waals surface area (Å²) in [5, 5.41) is 0. The van der Waals surface area contributed by atoms with Gasteiger partial charge < -0.3 is 30.4 Å². The molecule has 4 N–H and O–H groups in total. The quantitative estimate of drug-likeness (QED) is 0.506. The lowest BCUT2D eigenvalue weighted by Gasteiger charge is -2.01. The molecule has 0 radical (unpaired) electrons. The molecule has 0 spiro atoms. The summed E-state index contributed by atoms with van der Waals surface area (Å²) in [6.45, 7) is 6.63. The van der Waals surface area contributed by atoms with Crippen LogP contribution in [0.15, 0.2) is 12.7 Å². The van der Waals surface area contributed by atoms with Crippen LogP contribution in [0.2, 0.25) is 0 Å². The lowest BCUT2D eigenvalue weighted by Crippen LogP contribution is -2.14. The number of carbonyl (C=O) groups is 2. The standard InChI is InChI=1S/C6H11NO3.C5H11NO3/c1-2-4-9-6(8)10-5-3-7;1-2-8-5(7)9-4-3-6/h2H,1,3-5,7H2;2-4,6H2,1H3. The molecule has 0 aromatic carbocycles. The van der Waals surface area contributed by atoms with Gasteiger partial charge in [0.05, 0.1) is 6.61 Å². The molecule has 0 aromatic heterocycles. The van der Waals surface area contributed by atoms with Crippen LogP contribution in [0.5, 0.6) is 0 Å². The summed E-state index contributed by atoms with van der Waals surface area (Å²) in [4.78, 5) is 20.7. The van der Waals surface area contributed by atoms with Gasteiger partial charge in [-0.05, 0) is 6.92 Å². The van der Waals surface area contributed by atoms with Crippen LogP contribution in [0.3, 0.4) is 0 Å². The minimum atomic E-state index is -0.703. The average molecular weight is 278 g/mol. The summed E-state index contributed by atoms with van der Waals surface area (Å²) >= 11 is 0. The molecule has 0 aliphatic carbocycles. The summed E-state index contributed by atoms with van der Waals surface area (Å²) in [7, 11) is 0. The smallest absolute Gasteiger partial charge is 0.435 e. The van der Waals surface area contributed by atoms with Crippen molar-refractivity contribution in [3.05, 3.63) is 12.7 Å². The molecule has 0 unspecified atom stereocenters. The van der Waals surface area contributed by atoms with Crippen LogP contribution in [0, 0.1) is 0 Å². The number of carbonyl (C=O) groups excluding carboxylic acids is 2. The SMILES string of the molecule is C=CCOC(=O)OCCN.CCOC(=O)OCCN. The van der Waals surface area contributed by atoms with Crippen molar-refractivity contribution in [1.82, 2.24) is 0 Å². The van der Waals surface area contributed by atoms with E-state index in [1.807, 2.05) is 0 Å². The van der Waals surface area contributed by atoms with Crippen molar-refractivity contribution in [3.8, 4) is 0 Å². The van der Waals surface area contributed by atoms with Gasteiger partial charge >= 0.3 is 12.3 Å². The van der Waals surface area contributed by atoms with Gasteiger partial charge in [0.2, 0.25) is 0 Å². The molecular weight excluding hydrogens is 256 g/mol. The Hall–Kier alpha value is -1.80. The molecule has 8 heteroatoms. The Morgan fingerprint density at radius 3 is 1.84 bits per heavy atom. The Morgan fingerprint density at radius 2 is 1.47 bits per heavy atom. The van der Waals surface area contributed by atoms with Crippen molar-refractivity contribution in [3.63, 3.8) is 0 Å². The van der Waals surface area contributed by atoms with Crippen LogP contribution in [0.25, 0.3) is 0 Å². The van der Waals surface area contributed by atoms with E-state index in [2.05, 4.69) is 25.5 Å². The van der Waals surface area contributed by atoms with Gasteiger partial charge in [-0.25, -0.2) is 9.59 Å². The van der Waals surface area contributed by atoms with E-state index >= 15 is 0 Å². The van der Waals surface area contributed by atoms with Gasteiger partial charge in [-0.2, -0.15) is 0 Å². The van der Waals surface area contributed by atoms with Crippen LogP contribution in [0.1, 0.15) is 6.92 Å². The number of ether oxygens (including phenoxy) is 4. The fraction of sp³-hybridized carbons (Fsp3) is 0.636. The summed E-state index contributed by atoms with van der Waals surface area (Å²) in [6, 6.07) is 0. The lowest BCUT2D eigenvalue weighted by molar-refractivity contribution is 0.0611. The predicted octanol–water partition coefficient (Wildman–Crippen LogP) is 0.403. The number of hydrogen-bond acceptors (Lipinski definition) is 8. The first kappa shape index (κ1) is 19.5. The van der Waals surface area contributed by atoms with E-state index in [4.69, 9.17) is 11.5 Å². The molecule has 0 atom stereocenters. The van der Waals surface area contributed by atoms with E-state index < -0.39 is 12.3 Å². The number of hydrogen-bond donors (Lipinski definition) is 2. The molecule has 19 heavy (non-hydrogen) atoms. The Bertz CT molecular complexity index is 247. The van der Waals surface area contributed by atoms with Crippen molar-refractivity contribution in [2.75, 3.05) is 39.5 Å². The van der Waals surface area contributed by atoms with Crippen molar-refractivity contribution in [1.29, 1.82) is 0 Å². The van der Waals surface area contributed by atoms with Gasteiger partial charge in [-0.1, -0.05) is 12.7 Å².